The molecule has 3 aromatic heterocycles. The van der Waals surface area contributed by atoms with Gasteiger partial charge in [-0.25, -0.2) is 0 Å². The SMILES string of the molecule is C.Cc1noc(C)c1-c1cc(-c2c(C)noc2C)c2c(cnn2C)c1. The van der Waals surface area contributed by atoms with E-state index in [0.717, 1.165) is 56.1 Å². The highest BCUT2D eigenvalue weighted by Gasteiger charge is 2.20. The van der Waals surface area contributed by atoms with E-state index in [0.29, 0.717) is 0 Å². The van der Waals surface area contributed by atoms with Gasteiger partial charge in [0.1, 0.15) is 11.5 Å². The van der Waals surface area contributed by atoms with Crippen molar-refractivity contribution in [3.63, 3.8) is 0 Å². The topological polar surface area (TPSA) is 69.9 Å². The average Bonchev–Trinajstić information content (AvgIpc) is 3.18. The molecule has 0 aliphatic heterocycles. The van der Waals surface area contributed by atoms with Gasteiger partial charge in [-0.3, -0.25) is 4.68 Å². The summed E-state index contributed by atoms with van der Waals surface area (Å²) in [6.45, 7) is 7.77. The fraction of sp³-hybridized carbons (Fsp3) is 0.316. The maximum atomic E-state index is 5.38. The smallest absolute Gasteiger partial charge is 0.141 e. The van der Waals surface area contributed by atoms with E-state index in [1.165, 1.54) is 0 Å². The molecular formula is C19H22N4O2. The second-order valence-electron chi connectivity index (χ2n) is 6.13. The first-order valence-corrected chi connectivity index (χ1v) is 7.79. The van der Waals surface area contributed by atoms with Gasteiger partial charge in [0.05, 0.1) is 23.1 Å². The van der Waals surface area contributed by atoms with E-state index in [4.69, 9.17) is 9.05 Å². The number of nitrogens with zero attached hydrogens (tertiary/aromatic N) is 4. The summed E-state index contributed by atoms with van der Waals surface area (Å²) in [4.78, 5) is 0. The van der Waals surface area contributed by atoms with E-state index in [1.807, 2.05) is 45.6 Å². The van der Waals surface area contributed by atoms with Gasteiger partial charge >= 0.3 is 0 Å². The van der Waals surface area contributed by atoms with Gasteiger partial charge in [0.2, 0.25) is 0 Å². The summed E-state index contributed by atoms with van der Waals surface area (Å²) < 4.78 is 12.6. The highest BCUT2D eigenvalue weighted by molar-refractivity contribution is 5.98. The zero-order valence-corrected chi connectivity index (χ0v) is 14.3. The molecule has 6 heteroatoms. The van der Waals surface area contributed by atoms with E-state index in [2.05, 4.69) is 27.5 Å². The van der Waals surface area contributed by atoms with Crippen molar-refractivity contribution >= 4 is 10.9 Å². The second-order valence-corrected chi connectivity index (χ2v) is 6.13. The van der Waals surface area contributed by atoms with E-state index in [1.54, 1.807) is 0 Å². The van der Waals surface area contributed by atoms with Crippen LogP contribution in [0.3, 0.4) is 0 Å². The van der Waals surface area contributed by atoms with Gasteiger partial charge < -0.3 is 9.05 Å². The molecule has 130 valence electrons. The van der Waals surface area contributed by atoms with Crippen LogP contribution in [0.25, 0.3) is 33.2 Å². The molecule has 0 saturated carbocycles. The number of rotatable bonds is 2. The Morgan fingerprint density at radius 1 is 0.880 bits per heavy atom. The third-order valence-electron chi connectivity index (χ3n) is 4.46. The molecule has 0 bridgehead atoms. The predicted molar refractivity (Wildman–Crippen MR) is 97.4 cm³/mol. The number of aryl methyl sites for hydroxylation is 5. The number of hydrogen-bond acceptors (Lipinski definition) is 5. The first-order chi connectivity index (χ1) is 11.5. The van der Waals surface area contributed by atoms with E-state index in [9.17, 15) is 0 Å². The average molecular weight is 338 g/mol. The van der Waals surface area contributed by atoms with Crippen LogP contribution < -0.4 is 0 Å². The summed E-state index contributed by atoms with van der Waals surface area (Å²) in [5.41, 5.74) is 6.94. The standard InChI is InChI=1S/C18H18N4O2.CH4/c1-9-16(11(3)23-20-9)13-6-14-8-19-22(5)18(14)15(7-13)17-10(2)21-24-12(17)4;/h6-8H,1-5H3;1H4. The Morgan fingerprint density at radius 3 is 2.04 bits per heavy atom. The summed E-state index contributed by atoms with van der Waals surface area (Å²) in [5, 5.41) is 13.7. The molecule has 0 aliphatic carbocycles. The lowest BCUT2D eigenvalue weighted by molar-refractivity contribution is 0.393. The number of hydrogen-bond donors (Lipinski definition) is 0. The van der Waals surface area contributed by atoms with Gasteiger partial charge in [-0.1, -0.05) is 17.7 Å². The van der Waals surface area contributed by atoms with Crippen molar-refractivity contribution in [1.29, 1.82) is 0 Å². The van der Waals surface area contributed by atoms with Crippen molar-refractivity contribution < 1.29 is 9.05 Å². The number of fused-ring (bicyclic) bond motifs is 1. The Bertz CT molecular complexity index is 1030. The molecule has 0 amide bonds. The molecule has 6 nitrogen and oxygen atoms in total. The third kappa shape index (κ3) is 2.45. The first-order valence-electron chi connectivity index (χ1n) is 7.79. The minimum atomic E-state index is 0. The minimum absolute atomic E-state index is 0. The Labute approximate surface area is 146 Å². The van der Waals surface area contributed by atoms with Crippen LogP contribution >= 0.6 is 0 Å². The summed E-state index contributed by atoms with van der Waals surface area (Å²) in [6, 6.07) is 4.26. The highest BCUT2D eigenvalue weighted by Crippen LogP contribution is 2.38. The molecule has 0 aliphatic rings. The van der Waals surface area contributed by atoms with Crippen LogP contribution in [0.1, 0.15) is 30.3 Å². The van der Waals surface area contributed by atoms with Crippen LogP contribution in [0.5, 0.6) is 0 Å². The Morgan fingerprint density at radius 2 is 1.48 bits per heavy atom. The quantitative estimate of drug-likeness (QED) is 0.527. The van der Waals surface area contributed by atoms with Crippen molar-refractivity contribution in [2.24, 2.45) is 7.05 Å². The molecule has 0 unspecified atom stereocenters. The third-order valence-corrected chi connectivity index (χ3v) is 4.46. The zero-order valence-electron chi connectivity index (χ0n) is 14.3. The fourth-order valence-corrected chi connectivity index (χ4v) is 3.42. The maximum absolute atomic E-state index is 5.38. The van der Waals surface area contributed by atoms with Gasteiger partial charge in [-0.2, -0.15) is 5.10 Å². The Balaban J connectivity index is 0.00000182. The molecule has 0 atom stereocenters. The maximum Gasteiger partial charge on any atom is 0.141 e. The molecule has 4 rings (SSSR count). The lowest BCUT2D eigenvalue weighted by Gasteiger charge is -2.09. The number of benzene rings is 1. The van der Waals surface area contributed by atoms with Crippen LogP contribution in [0.4, 0.5) is 0 Å². The van der Waals surface area contributed by atoms with Gasteiger partial charge in [0.15, 0.2) is 0 Å². The summed E-state index contributed by atoms with van der Waals surface area (Å²) in [6.07, 6.45) is 1.87. The molecule has 0 saturated heterocycles. The van der Waals surface area contributed by atoms with Gasteiger partial charge in [0.25, 0.3) is 0 Å². The van der Waals surface area contributed by atoms with Crippen LogP contribution in [-0.2, 0) is 7.05 Å². The van der Waals surface area contributed by atoms with Gasteiger partial charge in [-0.15, -0.1) is 0 Å². The monoisotopic (exact) mass is 338 g/mol. The van der Waals surface area contributed by atoms with Crippen molar-refractivity contribution in [3.8, 4) is 22.3 Å². The van der Waals surface area contributed by atoms with Gasteiger partial charge in [-0.05, 0) is 45.4 Å². The summed E-state index contributed by atoms with van der Waals surface area (Å²) >= 11 is 0. The lowest BCUT2D eigenvalue weighted by Crippen LogP contribution is -1.94. The van der Waals surface area contributed by atoms with Crippen LogP contribution in [0.15, 0.2) is 27.4 Å². The van der Waals surface area contributed by atoms with Crippen molar-refractivity contribution in [3.05, 3.63) is 41.2 Å². The lowest BCUT2D eigenvalue weighted by atomic mass is 9.95. The molecule has 0 spiro atoms. The molecule has 3 heterocycles. The second kappa shape index (κ2) is 5.88. The van der Waals surface area contributed by atoms with E-state index < -0.39 is 0 Å². The predicted octanol–water partition coefficient (Wildman–Crippen LogP) is 4.75. The van der Waals surface area contributed by atoms with E-state index in [-0.39, 0.29) is 7.43 Å². The molecule has 25 heavy (non-hydrogen) atoms. The largest absolute Gasteiger partial charge is 0.361 e. The first kappa shape index (κ1) is 17.0. The van der Waals surface area contributed by atoms with Crippen molar-refractivity contribution in [1.82, 2.24) is 20.1 Å². The van der Waals surface area contributed by atoms with Crippen LogP contribution in [-0.4, -0.2) is 20.1 Å². The molecule has 1 aromatic carbocycles. The van der Waals surface area contributed by atoms with Crippen molar-refractivity contribution in [2.45, 2.75) is 35.1 Å². The number of aromatic nitrogens is 4. The fourth-order valence-electron chi connectivity index (χ4n) is 3.42. The molecule has 0 N–H and O–H groups in total. The van der Waals surface area contributed by atoms with Crippen molar-refractivity contribution in [2.75, 3.05) is 0 Å². The molecule has 0 radical (unpaired) electrons. The van der Waals surface area contributed by atoms with E-state index >= 15 is 0 Å². The molecule has 4 aromatic rings. The minimum Gasteiger partial charge on any atom is -0.361 e. The highest BCUT2D eigenvalue weighted by atomic mass is 16.5. The van der Waals surface area contributed by atoms with Gasteiger partial charge in [0, 0.05) is 29.1 Å². The Hall–Kier alpha value is -2.89. The summed E-state index contributed by atoms with van der Waals surface area (Å²) in [5.74, 6) is 1.60. The molecule has 0 fully saturated rings. The Kier molecular flexibility index (Phi) is 3.99. The van der Waals surface area contributed by atoms with Crippen LogP contribution in [0.2, 0.25) is 0 Å². The normalized spacial score (nSPS) is 11.1. The van der Waals surface area contributed by atoms with Crippen LogP contribution in [0, 0.1) is 27.7 Å². The summed E-state index contributed by atoms with van der Waals surface area (Å²) in [7, 11) is 1.94. The zero-order chi connectivity index (χ0) is 17.0. The molecular weight excluding hydrogens is 316 g/mol.